The van der Waals surface area contributed by atoms with Crippen molar-refractivity contribution in [2.75, 3.05) is 26.6 Å². The minimum Gasteiger partial charge on any atom is -0.493 e. The van der Waals surface area contributed by atoms with E-state index in [1.807, 2.05) is 19.9 Å². The number of nitrogens with one attached hydrogen (secondary N) is 1. The van der Waals surface area contributed by atoms with Crippen molar-refractivity contribution in [2.45, 2.75) is 19.9 Å². The number of hydrogen-bond acceptors (Lipinski definition) is 6. The Bertz CT molecular complexity index is 614. The smallest absolute Gasteiger partial charge is 0.205 e. The molecule has 1 aromatic carbocycles. The van der Waals surface area contributed by atoms with E-state index in [9.17, 15) is 0 Å². The number of rotatable bonds is 5. The zero-order chi connectivity index (χ0) is 14.7. The summed E-state index contributed by atoms with van der Waals surface area (Å²) in [5, 5.41) is 4.11. The second-order valence-electron chi connectivity index (χ2n) is 4.56. The average Bonchev–Trinajstić information content (AvgIpc) is 2.44. The maximum Gasteiger partial charge on any atom is 0.205 e. The number of methoxy groups -OCH3 is 3. The molecule has 2 rings (SSSR count). The highest BCUT2D eigenvalue weighted by molar-refractivity contribution is 5.96. The lowest BCUT2D eigenvalue weighted by molar-refractivity contribution is 0.327. The van der Waals surface area contributed by atoms with Crippen LogP contribution in [0.15, 0.2) is 12.4 Å². The Kier molecular flexibility index (Phi) is 4.12. The monoisotopic (exact) mass is 277 g/mol. The molecular formula is C14H19N3O3. The average molecular weight is 277 g/mol. The lowest BCUT2D eigenvalue weighted by atomic mass is 10.1. The van der Waals surface area contributed by atoms with Crippen LogP contribution >= 0.6 is 0 Å². The molecule has 1 N–H and O–H groups in total. The Morgan fingerprint density at radius 2 is 1.70 bits per heavy atom. The van der Waals surface area contributed by atoms with Crippen molar-refractivity contribution >= 4 is 16.7 Å². The Labute approximate surface area is 118 Å². The minimum absolute atomic E-state index is 0.257. The van der Waals surface area contributed by atoms with Gasteiger partial charge in [-0.25, -0.2) is 9.97 Å². The van der Waals surface area contributed by atoms with Crippen LogP contribution in [0.25, 0.3) is 10.9 Å². The first-order valence-corrected chi connectivity index (χ1v) is 6.32. The summed E-state index contributed by atoms with van der Waals surface area (Å²) in [7, 11) is 4.73. The van der Waals surface area contributed by atoms with Crippen molar-refractivity contribution in [1.29, 1.82) is 0 Å². The van der Waals surface area contributed by atoms with Crippen LogP contribution < -0.4 is 19.5 Å². The van der Waals surface area contributed by atoms with Gasteiger partial charge in [0.15, 0.2) is 11.5 Å². The van der Waals surface area contributed by atoms with Crippen LogP contribution in [0, 0.1) is 0 Å². The van der Waals surface area contributed by atoms with E-state index in [1.165, 1.54) is 6.33 Å². The maximum atomic E-state index is 5.43. The molecule has 0 aliphatic carbocycles. The van der Waals surface area contributed by atoms with Crippen LogP contribution in [0.1, 0.15) is 13.8 Å². The highest BCUT2D eigenvalue weighted by atomic mass is 16.5. The molecule has 2 aromatic rings. The summed E-state index contributed by atoms with van der Waals surface area (Å²) >= 11 is 0. The van der Waals surface area contributed by atoms with Crippen molar-refractivity contribution in [2.24, 2.45) is 0 Å². The molecule has 108 valence electrons. The molecule has 0 radical (unpaired) electrons. The van der Waals surface area contributed by atoms with Crippen LogP contribution in [0.4, 0.5) is 5.82 Å². The number of aromatic nitrogens is 2. The van der Waals surface area contributed by atoms with Crippen LogP contribution in [-0.4, -0.2) is 37.3 Å². The van der Waals surface area contributed by atoms with Gasteiger partial charge >= 0.3 is 0 Å². The van der Waals surface area contributed by atoms with Gasteiger partial charge in [0.1, 0.15) is 17.7 Å². The van der Waals surface area contributed by atoms with Gasteiger partial charge < -0.3 is 19.5 Å². The van der Waals surface area contributed by atoms with E-state index in [1.54, 1.807) is 21.3 Å². The maximum absolute atomic E-state index is 5.43. The Hall–Kier alpha value is -2.24. The third-order valence-electron chi connectivity index (χ3n) is 2.86. The fourth-order valence-electron chi connectivity index (χ4n) is 2.05. The summed E-state index contributed by atoms with van der Waals surface area (Å²) in [5.41, 5.74) is 0.684. The normalized spacial score (nSPS) is 10.7. The number of hydrogen-bond donors (Lipinski definition) is 1. The van der Waals surface area contributed by atoms with Gasteiger partial charge in [0, 0.05) is 6.04 Å². The van der Waals surface area contributed by atoms with E-state index >= 15 is 0 Å². The van der Waals surface area contributed by atoms with Gasteiger partial charge in [0.05, 0.1) is 26.7 Å². The predicted molar refractivity (Wildman–Crippen MR) is 78.0 cm³/mol. The topological polar surface area (TPSA) is 65.5 Å². The molecule has 1 heterocycles. The van der Waals surface area contributed by atoms with E-state index < -0.39 is 0 Å². The van der Waals surface area contributed by atoms with Crippen LogP contribution in [0.3, 0.4) is 0 Å². The lowest BCUT2D eigenvalue weighted by Gasteiger charge is -2.16. The molecule has 6 nitrogen and oxygen atoms in total. The van der Waals surface area contributed by atoms with E-state index in [0.29, 0.717) is 22.8 Å². The number of benzene rings is 1. The fourth-order valence-corrected chi connectivity index (χ4v) is 2.05. The van der Waals surface area contributed by atoms with Crippen LogP contribution in [0.5, 0.6) is 17.2 Å². The summed E-state index contributed by atoms with van der Waals surface area (Å²) in [5.74, 6) is 2.38. The first-order chi connectivity index (χ1) is 9.62. The summed E-state index contributed by atoms with van der Waals surface area (Å²) in [6.45, 7) is 4.10. The molecule has 0 unspecified atom stereocenters. The first kappa shape index (κ1) is 14.2. The number of nitrogens with zero attached hydrogens (tertiary/aromatic N) is 2. The van der Waals surface area contributed by atoms with Crippen LogP contribution in [-0.2, 0) is 0 Å². The summed E-state index contributed by atoms with van der Waals surface area (Å²) in [6, 6.07) is 2.11. The third-order valence-corrected chi connectivity index (χ3v) is 2.86. The standard InChI is InChI=1S/C14H19N3O3/c1-8(2)17-14-9-6-10(18-3)12(19-4)13(20-5)11(9)15-7-16-14/h6-8H,1-5H3,(H,15,16,17). The van der Waals surface area contributed by atoms with Crippen molar-refractivity contribution < 1.29 is 14.2 Å². The van der Waals surface area contributed by atoms with Gasteiger partial charge in [-0.2, -0.15) is 0 Å². The third kappa shape index (κ3) is 2.41. The molecule has 0 bridgehead atoms. The largest absolute Gasteiger partial charge is 0.493 e. The van der Waals surface area contributed by atoms with Gasteiger partial charge in [-0.1, -0.05) is 0 Å². The molecule has 0 atom stereocenters. The number of fused-ring (bicyclic) bond motifs is 1. The highest BCUT2D eigenvalue weighted by Crippen LogP contribution is 2.43. The summed E-state index contributed by atoms with van der Waals surface area (Å²) in [6.07, 6.45) is 1.50. The second kappa shape index (κ2) is 5.81. The Morgan fingerprint density at radius 1 is 1.00 bits per heavy atom. The Balaban J connectivity index is 2.76. The predicted octanol–water partition coefficient (Wildman–Crippen LogP) is 2.48. The summed E-state index contributed by atoms with van der Waals surface area (Å²) < 4.78 is 16.1. The second-order valence-corrected chi connectivity index (χ2v) is 4.56. The van der Waals surface area contributed by atoms with E-state index in [2.05, 4.69) is 15.3 Å². The molecule has 0 saturated carbocycles. The molecule has 0 spiro atoms. The molecule has 0 aliphatic heterocycles. The van der Waals surface area contributed by atoms with Gasteiger partial charge in [-0.05, 0) is 19.9 Å². The van der Waals surface area contributed by atoms with E-state index in [0.717, 1.165) is 11.2 Å². The molecule has 0 fully saturated rings. The number of ether oxygens (including phenoxy) is 3. The first-order valence-electron chi connectivity index (χ1n) is 6.32. The van der Waals surface area contributed by atoms with Gasteiger partial charge in [-0.15, -0.1) is 0 Å². The zero-order valence-electron chi connectivity index (χ0n) is 12.4. The SMILES string of the molecule is COc1cc2c(NC(C)C)ncnc2c(OC)c1OC. The Morgan fingerprint density at radius 3 is 2.25 bits per heavy atom. The van der Waals surface area contributed by atoms with E-state index in [4.69, 9.17) is 14.2 Å². The summed E-state index contributed by atoms with van der Waals surface area (Å²) in [4.78, 5) is 8.57. The van der Waals surface area contributed by atoms with Gasteiger partial charge in [0.25, 0.3) is 0 Å². The molecular weight excluding hydrogens is 258 g/mol. The quantitative estimate of drug-likeness (QED) is 0.905. The minimum atomic E-state index is 0.257. The molecule has 20 heavy (non-hydrogen) atoms. The molecule has 0 aliphatic rings. The highest BCUT2D eigenvalue weighted by Gasteiger charge is 2.19. The van der Waals surface area contributed by atoms with E-state index in [-0.39, 0.29) is 6.04 Å². The lowest BCUT2D eigenvalue weighted by Crippen LogP contribution is -2.11. The fraction of sp³-hybridized carbons (Fsp3) is 0.429. The molecule has 0 saturated heterocycles. The van der Waals surface area contributed by atoms with Crippen molar-refractivity contribution in [3.05, 3.63) is 12.4 Å². The zero-order valence-corrected chi connectivity index (χ0v) is 12.4. The van der Waals surface area contributed by atoms with Gasteiger partial charge in [-0.3, -0.25) is 0 Å². The molecule has 1 aromatic heterocycles. The number of anilines is 1. The molecule has 6 heteroatoms. The van der Waals surface area contributed by atoms with Crippen LogP contribution in [0.2, 0.25) is 0 Å². The van der Waals surface area contributed by atoms with Crippen molar-refractivity contribution in [1.82, 2.24) is 9.97 Å². The van der Waals surface area contributed by atoms with Crippen molar-refractivity contribution in [3.63, 3.8) is 0 Å². The van der Waals surface area contributed by atoms with Crippen molar-refractivity contribution in [3.8, 4) is 17.2 Å². The molecule has 0 amide bonds. The van der Waals surface area contributed by atoms with Gasteiger partial charge in [0.2, 0.25) is 5.75 Å².